The molecule has 110 valence electrons. The van der Waals surface area contributed by atoms with Gasteiger partial charge in [0.25, 0.3) is 0 Å². The van der Waals surface area contributed by atoms with Crippen LogP contribution in [-0.2, 0) is 4.79 Å². The largest absolute Gasteiger partial charge is 0.352 e. The predicted octanol–water partition coefficient (Wildman–Crippen LogP) is 2.66. The topological polar surface area (TPSA) is 32.3 Å². The molecule has 0 radical (unpaired) electrons. The van der Waals surface area contributed by atoms with Crippen LogP contribution in [0.4, 0.5) is 0 Å². The maximum Gasteiger partial charge on any atom is 0.217 e. The smallest absolute Gasteiger partial charge is 0.217 e. The molecular formula is C16H30N2O. The highest BCUT2D eigenvalue weighted by Crippen LogP contribution is 2.29. The van der Waals surface area contributed by atoms with Crippen molar-refractivity contribution in [3.8, 4) is 0 Å². The first kappa shape index (κ1) is 14.8. The minimum Gasteiger partial charge on any atom is -0.352 e. The minimum absolute atomic E-state index is 0.121. The Kier molecular flexibility index (Phi) is 5.26. The number of hydrogen-bond donors (Lipinski definition) is 1. The molecule has 1 saturated carbocycles. The summed E-state index contributed by atoms with van der Waals surface area (Å²) in [6.45, 7) is 9.80. The van der Waals surface area contributed by atoms with Crippen LogP contribution in [0.25, 0.3) is 0 Å². The van der Waals surface area contributed by atoms with Crippen molar-refractivity contribution in [1.29, 1.82) is 0 Å². The Morgan fingerprint density at radius 3 is 2.53 bits per heavy atom. The third-order valence-corrected chi connectivity index (χ3v) is 4.90. The summed E-state index contributed by atoms with van der Waals surface area (Å²) in [5.41, 5.74) is 0. The van der Waals surface area contributed by atoms with E-state index in [2.05, 4.69) is 24.1 Å². The Balaban J connectivity index is 1.91. The summed E-state index contributed by atoms with van der Waals surface area (Å²) in [5, 5.41) is 3.14. The fraction of sp³-hybridized carbons (Fsp3) is 0.938. The van der Waals surface area contributed by atoms with Crippen LogP contribution in [0, 0.1) is 17.8 Å². The second-order valence-corrected chi connectivity index (χ2v) is 7.01. The number of piperidine rings is 1. The molecule has 2 atom stereocenters. The zero-order valence-electron chi connectivity index (χ0n) is 12.8. The van der Waals surface area contributed by atoms with Crippen LogP contribution in [0.5, 0.6) is 0 Å². The summed E-state index contributed by atoms with van der Waals surface area (Å²) < 4.78 is 0. The fourth-order valence-electron chi connectivity index (χ4n) is 3.81. The number of carbonyl (C=O) groups excluding carboxylic acids is 1. The molecule has 3 nitrogen and oxygen atoms in total. The van der Waals surface area contributed by atoms with E-state index in [1.54, 1.807) is 6.92 Å². The molecule has 1 N–H and O–H groups in total. The van der Waals surface area contributed by atoms with Gasteiger partial charge in [0, 0.05) is 32.6 Å². The highest BCUT2D eigenvalue weighted by molar-refractivity contribution is 5.73. The van der Waals surface area contributed by atoms with Gasteiger partial charge < -0.3 is 10.2 Å². The molecule has 1 saturated heterocycles. The molecule has 2 fully saturated rings. The SMILES string of the molecule is CC(=O)NC1CC(C(C)C)CN(CC2CCCC2)C1. The summed E-state index contributed by atoms with van der Waals surface area (Å²) in [7, 11) is 0. The lowest BCUT2D eigenvalue weighted by Crippen LogP contribution is -2.52. The number of carbonyl (C=O) groups is 1. The van der Waals surface area contributed by atoms with Crippen LogP contribution < -0.4 is 5.32 Å². The first-order valence-corrected chi connectivity index (χ1v) is 8.04. The lowest BCUT2D eigenvalue weighted by Gasteiger charge is -2.40. The molecule has 1 aliphatic heterocycles. The Morgan fingerprint density at radius 1 is 1.26 bits per heavy atom. The van der Waals surface area contributed by atoms with Crippen molar-refractivity contribution in [2.24, 2.45) is 17.8 Å². The number of amides is 1. The Labute approximate surface area is 118 Å². The average molecular weight is 266 g/mol. The van der Waals surface area contributed by atoms with Gasteiger partial charge in [-0.2, -0.15) is 0 Å². The van der Waals surface area contributed by atoms with E-state index in [-0.39, 0.29) is 5.91 Å². The van der Waals surface area contributed by atoms with Crippen LogP contribution in [-0.4, -0.2) is 36.5 Å². The maximum absolute atomic E-state index is 11.3. The van der Waals surface area contributed by atoms with E-state index >= 15 is 0 Å². The molecule has 1 heterocycles. The van der Waals surface area contributed by atoms with E-state index in [0.717, 1.165) is 24.8 Å². The summed E-state index contributed by atoms with van der Waals surface area (Å²) in [5.74, 6) is 2.47. The van der Waals surface area contributed by atoms with E-state index in [9.17, 15) is 4.79 Å². The molecule has 1 amide bonds. The summed E-state index contributed by atoms with van der Waals surface area (Å²) in [4.78, 5) is 13.9. The van der Waals surface area contributed by atoms with Gasteiger partial charge in [0.15, 0.2) is 0 Å². The van der Waals surface area contributed by atoms with E-state index in [1.807, 2.05) is 0 Å². The van der Waals surface area contributed by atoms with Crippen molar-refractivity contribution in [3.05, 3.63) is 0 Å². The van der Waals surface area contributed by atoms with Crippen LogP contribution in [0.15, 0.2) is 0 Å². The first-order chi connectivity index (χ1) is 9.04. The Hall–Kier alpha value is -0.570. The molecule has 0 spiro atoms. The summed E-state index contributed by atoms with van der Waals surface area (Å²) >= 11 is 0. The average Bonchev–Trinajstić information content (AvgIpc) is 2.80. The van der Waals surface area contributed by atoms with Crippen LogP contribution in [0.1, 0.15) is 52.9 Å². The molecule has 19 heavy (non-hydrogen) atoms. The van der Waals surface area contributed by atoms with Crippen molar-refractivity contribution in [3.63, 3.8) is 0 Å². The van der Waals surface area contributed by atoms with Gasteiger partial charge in [-0.3, -0.25) is 4.79 Å². The minimum atomic E-state index is 0.121. The molecule has 2 rings (SSSR count). The van der Waals surface area contributed by atoms with Crippen molar-refractivity contribution in [1.82, 2.24) is 10.2 Å². The molecule has 0 bridgehead atoms. The lowest BCUT2D eigenvalue weighted by molar-refractivity contribution is -0.120. The Bertz CT molecular complexity index is 295. The van der Waals surface area contributed by atoms with Gasteiger partial charge in [0.05, 0.1) is 0 Å². The molecule has 0 aromatic heterocycles. The monoisotopic (exact) mass is 266 g/mol. The maximum atomic E-state index is 11.3. The molecule has 0 aromatic carbocycles. The van der Waals surface area contributed by atoms with Gasteiger partial charge in [-0.05, 0) is 37.0 Å². The van der Waals surface area contributed by atoms with Crippen LogP contribution in [0.2, 0.25) is 0 Å². The van der Waals surface area contributed by atoms with Crippen molar-refractivity contribution >= 4 is 5.91 Å². The lowest BCUT2D eigenvalue weighted by atomic mass is 9.85. The predicted molar refractivity (Wildman–Crippen MR) is 78.9 cm³/mol. The van der Waals surface area contributed by atoms with Gasteiger partial charge in [-0.15, -0.1) is 0 Å². The first-order valence-electron chi connectivity index (χ1n) is 8.04. The highest BCUT2D eigenvalue weighted by Gasteiger charge is 2.30. The van der Waals surface area contributed by atoms with Gasteiger partial charge in [0.2, 0.25) is 5.91 Å². The number of rotatable bonds is 4. The van der Waals surface area contributed by atoms with E-state index < -0.39 is 0 Å². The fourth-order valence-corrected chi connectivity index (χ4v) is 3.81. The van der Waals surface area contributed by atoms with Crippen molar-refractivity contribution in [2.75, 3.05) is 19.6 Å². The molecule has 0 aromatic rings. The summed E-state index contributed by atoms with van der Waals surface area (Å²) in [6.07, 6.45) is 6.81. The normalized spacial score (nSPS) is 29.9. The van der Waals surface area contributed by atoms with Gasteiger partial charge in [-0.1, -0.05) is 26.7 Å². The van der Waals surface area contributed by atoms with Crippen molar-refractivity contribution < 1.29 is 4.79 Å². The summed E-state index contributed by atoms with van der Waals surface area (Å²) in [6, 6.07) is 0.361. The molecule has 1 aliphatic carbocycles. The molecule has 3 heteroatoms. The molecular weight excluding hydrogens is 236 g/mol. The molecule has 2 aliphatic rings. The van der Waals surface area contributed by atoms with Crippen LogP contribution in [0.3, 0.4) is 0 Å². The zero-order valence-corrected chi connectivity index (χ0v) is 12.8. The van der Waals surface area contributed by atoms with Crippen molar-refractivity contribution in [2.45, 2.75) is 58.9 Å². The van der Waals surface area contributed by atoms with Gasteiger partial charge >= 0.3 is 0 Å². The number of nitrogens with zero attached hydrogens (tertiary/aromatic N) is 1. The number of likely N-dealkylation sites (tertiary alicyclic amines) is 1. The van der Waals surface area contributed by atoms with E-state index in [0.29, 0.717) is 12.0 Å². The van der Waals surface area contributed by atoms with Crippen LogP contribution >= 0.6 is 0 Å². The second kappa shape index (κ2) is 6.74. The third kappa shape index (κ3) is 4.48. The van der Waals surface area contributed by atoms with Gasteiger partial charge in [-0.25, -0.2) is 0 Å². The standard InChI is InChI=1S/C16H30N2O/c1-12(2)15-8-16(17-13(3)19)11-18(10-15)9-14-6-4-5-7-14/h12,14-16H,4-11H2,1-3H3,(H,17,19). The van der Waals surface area contributed by atoms with E-state index in [1.165, 1.54) is 38.8 Å². The zero-order chi connectivity index (χ0) is 13.8. The molecule has 2 unspecified atom stereocenters. The number of hydrogen-bond acceptors (Lipinski definition) is 2. The van der Waals surface area contributed by atoms with Gasteiger partial charge in [0.1, 0.15) is 0 Å². The quantitative estimate of drug-likeness (QED) is 0.848. The van der Waals surface area contributed by atoms with E-state index in [4.69, 9.17) is 0 Å². The number of nitrogens with one attached hydrogen (secondary N) is 1. The highest BCUT2D eigenvalue weighted by atomic mass is 16.1. The Morgan fingerprint density at radius 2 is 1.95 bits per heavy atom. The second-order valence-electron chi connectivity index (χ2n) is 7.01. The third-order valence-electron chi connectivity index (χ3n) is 4.90.